The van der Waals surface area contributed by atoms with Crippen molar-refractivity contribution in [3.8, 4) is 0 Å². The zero-order chi connectivity index (χ0) is 16.1. The average molecular weight is 325 g/mol. The van der Waals surface area contributed by atoms with Crippen molar-refractivity contribution in [2.45, 2.75) is 31.1 Å². The zero-order valence-electron chi connectivity index (χ0n) is 13.5. The normalized spacial score (nSPS) is 17.8. The maximum Gasteiger partial charge on any atom is 0.186 e. The van der Waals surface area contributed by atoms with E-state index in [9.17, 15) is 4.79 Å². The molecule has 120 valence electrons. The molecule has 1 aliphatic heterocycles. The van der Waals surface area contributed by atoms with Gasteiger partial charge in [0, 0.05) is 6.92 Å². The minimum absolute atomic E-state index is 0.134. The van der Waals surface area contributed by atoms with Crippen molar-refractivity contribution in [1.82, 2.24) is 4.90 Å². The molecule has 2 nitrogen and oxygen atoms in total. The molecule has 1 aliphatic rings. The SMILES string of the molecule is CC(=O)SC(c1ccccc1)C(c1ccccc1)N1CCCC1. The lowest BCUT2D eigenvalue weighted by molar-refractivity contribution is -0.109. The van der Waals surface area contributed by atoms with Crippen LogP contribution in [-0.2, 0) is 4.79 Å². The van der Waals surface area contributed by atoms with Crippen molar-refractivity contribution >= 4 is 16.9 Å². The Morgan fingerprint density at radius 2 is 1.43 bits per heavy atom. The summed E-state index contributed by atoms with van der Waals surface area (Å²) in [5.74, 6) is 0. The molecular weight excluding hydrogens is 302 g/mol. The number of carbonyl (C=O) groups is 1. The summed E-state index contributed by atoms with van der Waals surface area (Å²) in [5.41, 5.74) is 2.53. The lowest BCUT2D eigenvalue weighted by Crippen LogP contribution is -2.30. The molecule has 2 aromatic carbocycles. The highest BCUT2D eigenvalue weighted by molar-refractivity contribution is 8.13. The summed E-state index contributed by atoms with van der Waals surface area (Å²) in [5, 5.41) is 0.313. The summed E-state index contributed by atoms with van der Waals surface area (Å²) in [6.07, 6.45) is 2.49. The molecule has 0 amide bonds. The van der Waals surface area contributed by atoms with E-state index in [1.807, 2.05) is 6.07 Å². The predicted octanol–water partition coefficient (Wildman–Crippen LogP) is 4.84. The summed E-state index contributed by atoms with van der Waals surface area (Å²) in [6.45, 7) is 3.90. The summed E-state index contributed by atoms with van der Waals surface area (Å²) in [7, 11) is 0. The first kappa shape index (κ1) is 16.3. The van der Waals surface area contributed by atoms with E-state index >= 15 is 0 Å². The fourth-order valence-corrected chi connectivity index (χ4v) is 4.49. The number of benzene rings is 2. The summed E-state index contributed by atoms with van der Waals surface area (Å²) >= 11 is 1.46. The number of thioether (sulfide) groups is 1. The molecule has 2 aromatic rings. The molecule has 3 rings (SSSR count). The lowest BCUT2D eigenvalue weighted by Gasteiger charge is -2.34. The molecule has 0 bridgehead atoms. The summed E-state index contributed by atoms with van der Waals surface area (Å²) in [4.78, 5) is 14.5. The van der Waals surface area contributed by atoms with Crippen LogP contribution in [0.3, 0.4) is 0 Å². The van der Waals surface area contributed by atoms with Gasteiger partial charge in [0.25, 0.3) is 0 Å². The minimum atomic E-state index is 0.134. The van der Waals surface area contributed by atoms with Crippen LogP contribution in [-0.4, -0.2) is 23.1 Å². The van der Waals surface area contributed by atoms with E-state index in [0.717, 1.165) is 13.1 Å². The van der Waals surface area contributed by atoms with Crippen molar-refractivity contribution < 1.29 is 4.79 Å². The number of likely N-dealkylation sites (tertiary alicyclic amines) is 1. The van der Waals surface area contributed by atoms with Gasteiger partial charge in [-0.1, -0.05) is 72.4 Å². The number of carbonyl (C=O) groups excluding carboxylic acids is 1. The molecule has 1 saturated heterocycles. The van der Waals surface area contributed by atoms with Crippen LogP contribution in [0.2, 0.25) is 0 Å². The van der Waals surface area contributed by atoms with Crippen LogP contribution in [0.4, 0.5) is 0 Å². The Hall–Kier alpha value is -1.58. The standard InChI is InChI=1S/C20H23NOS/c1-16(22)23-20(18-12-6-3-7-13-18)19(21-14-8-9-15-21)17-10-4-2-5-11-17/h2-7,10-13,19-20H,8-9,14-15H2,1H3. The molecule has 0 saturated carbocycles. The van der Waals surface area contributed by atoms with Gasteiger partial charge in [0.2, 0.25) is 0 Å². The Bertz CT molecular complexity index is 623. The third kappa shape index (κ3) is 4.04. The topological polar surface area (TPSA) is 20.3 Å². The molecule has 1 heterocycles. The maximum absolute atomic E-state index is 11.9. The van der Waals surface area contributed by atoms with Crippen LogP contribution in [0.5, 0.6) is 0 Å². The van der Waals surface area contributed by atoms with Gasteiger partial charge in [-0.2, -0.15) is 0 Å². The molecule has 0 aliphatic carbocycles. The van der Waals surface area contributed by atoms with Crippen molar-refractivity contribution in [3.63, 3.8) is 0 Å². The van der Waals surface area contributed by atoms with E-state index < -0.39 is 0 Å². The molecule has 3 heteroatoms. The van der Waals surface area contributed by atoms with Gasteiger partial charge in [-0.15, -0.1) is 0 Å². The average Bonchev–Trinajstić information content (AvgIpc) is 3.10. The second kappa shape index (κ2) is 7.80. The third-order valence-electron chi connectivity index (χ3n) is 4.38. The third-order valence-corrected chi connectivity index (χ3v) is 5.50. The second-order valence-electron chi connectivity index (χ2n) is 6.04. The fourth-order valence-electron chi connectivity index (χ4n) is 3.38. The van der Waals surface area contributed by atoms with E-state index in [-0.39, 0.29) is 16.4 Å². The van der Waals surface area contributed by atoms with Crippen molar-refractivity contribution in [2.24, 2.45) is 0 Å². The Morgan fingerprint density at radius 3 is 1.96 bits per heavy atom. The Balaban J connectivity index is 2.01. The predicted molar refractivity (Wildman–Crippen MR) is 97.4 cm³/mol. The number of hydrogen-bond donors (Lipinski definition) is 0. The van der Waals surface area contributed by atoms with Gasteiger partial charge in [-0.25, -0.2) is 0 Å². The van der Waals surface area contributed by atoms with E-state index in [0.29, 0.717) is 0 Å². The molecule has 0 aromatic heterocycles. The van der Waals surface area contributed by atoms with Gasteiger partial charge in [0.1, 0.15) is 0 Å². The minimum Gasteiger partial charge on any atom is -0.295 e. The van der Waals surface area contributed by atoms with Gasteiger partial charge in [0.05, 0.1) is 11.3 Å². The second-order valence-corrected chi connectivity index (χ2v) is 7.36. The molecular formula is C20H23NOS. The highest BCUT2D eigenvalue weighted by Crippen LogP contribution is 2.44. The van der Waals surface area contributed by atoms with Crippen LogP contribution in [0, 0.1) is 0 Å². The number of nitrogens with zero attached hydrogens (tertiary/aromatic N) is 1. The van der Waals surface area contributed by atoms with Crippen molar-refractivity contribution in [1.29, 1.82) is 0 Å². The maximum atomic E-state index is 11.9. The molecule has 23 heavy (non-hydrogen) atoms. The van der Waals surface area contributed by atoms with Crippen LogP contribution < -0.4 is 0 Å². The molecule has 2 atom stereocenters. The Kier molecular flexibility index (Phi) is 5.52. The van der Waals surface area contributed by atoms with Crippen LogP contribution >= 0.6 is 11.8 Å². The molecule has 0 radical (unpaired) electrons. The molecule has 2 unspecified atom stereocenters. The summed E-state index contributed by atoms with van der Waals surface area (Å²) in [6, 6.07) is 21.3. The van der Waals surface area contributed by atoms with E-state index in [2.05, 4.69) is 59.5 Å². The quantitative estimate of drug-likeness (QED) is 0.784. The van der Waals surface area contributed by atoms with Gasteiger partial charge in [-0.05, 0) is 37.1 Å². The van der Waals surface area contributed by atoms with Crippen molar-refractivity contribution in [2.75, 3.05) is 13.1 Å². The van der Waals surface area contributed by atoms with Gasteiger partial charge >= 0.3 is 0 Å². The van der Waals surface area contributed by atoms with Gasteiger partial charge in [-0.3, -0.25) is 9.69 Å². The molecule has 0 spiro atoms. The van der Waals surface area contributed by atoms with Crippen LogP contribution in [0.1, 0.15) is 42.2 Å². The summed E-state index contributed by atoms with van der Waals surface area (Å²) < 4.78 is 0. The van der Waals surface area contributed by atoms with E-state index in [1.54, 1.807) is 6.92 Å². The first-order chi connectivity index (χ1) is 11.3. The van der Waals surface area contributed by atoms with E-state index in [1.165, 1.54) is 35.7 Å². The van der Waals surface area contributed by atoms with Crippen LogP contribution in [0.15, 0.2) is 60.7 Å². The molecule has 1 fully saturated rings. The van der Waals surface area contributed by atoms with Gasteiger partial charge in [0.15, 0.2) is 5.12 Å². The smallest absolute Gasteiger partial charge is 0.186 e. The number of rotatable bonds is 5. The van der Waals surface area contributed by atoms with Gasteiger partial charge < -0.3 is 0 Å². The first-order valence-corrected chi connectivity index (χ1v) is 9.15. The Morgan fingerprint density at radius 1 is 0.913 bits per heavy atom. The van der Waals surface area contributed by atoms with Crippen molar-refractivity contribution in [3.05, 3.63) is 71.8 Å². The highest BCUT2D eigenvalue weighted by Gasteiger charge is 2.33. The largest absolute Gasteiger partial charge is 0.295 e. The highest BCUT2D eigenvalue weighted by atomic mass is 32.2. The Labute approximate surface area is 142 Å². The van der Waals surface area contributed by atoms with Crippen LogP contribution in [0.25, 0.3) is 0 Å². The molecule has 0 N–H and O–H groups in total. The zero-order valence-corrected chi connectivity index (χ0v) is 14.3. The monoisotopic (exact) mass is 325 g/mol. The lowest BCUT2D eigenvalue weighted by atomic mass is 9.97. The van der Waals surface area contributed by atoms with E-state index in [4.69, 9.17) is 0 Å². The number of hydrogen-bond acceptors (Lipinski definition) is 3. The fraction of sp³-hybridized carbons (Fsp3) is 0.350. The first-order valence-electron chi connectivity index (χ1n) is 8.27.